The quantitative estimate of drug-likeness (QED) is 0.890. The summed E-state index contributed by atoms with van der Waals surface area (Å²) in [4.78, 5) is 2.38. The molecular formula is C15H23NO2. The van der Waals surface area contributed by atoms with Crippen molar-refractivity contribution < 1.29 is 9.84 Å². The highest BCUT2D eigenvalue weighted by atomic mass is 16.5. The summed E-state index contributed by atoms with van der Waals surface area (Å²) in [7, 11) is 0. The smallest absolute Gasteiger partial charge is 0.119 e. The van der Waals surface area contributed by atoms with E-state index in [9.17, 15) is 0 Å². The molecule has 0 aromatic heterocycles. The number of aliphatic hydroxyl groups excluding tert-OH is 1. The number of aliphatic hydroxyl groups is 1. The minimum atomic E-state index is 0.219. The Morgan fingerprint density at radius 2 is 1.83 bits per heavy atom. The Hall–Kier alpha value is -1.22. The van der Waals surface area contributed by atoms with Crippen molar-refractivity contribution in [2.24, 2.45) is 5.92 Å². The Labute approximate surface area is 109 Å². The van der Waals surface area contributed by atoms with Gasteiger partial charge in [0, 0.05) is 25.4 Å². The van der Waals surface area contributed by atoms with Crippen LogP contribution in [-0.2, 0) is 0 Å². The Morgan fingerprint density at radius 3 is 2.33 bits per heavy atom. The first-order chi connectivity index (χ1) is 8.69. The molecule has 100 valence electrons. The van der Waals surface area contributed by atoms with Crippen LogP contribution in [0.25, 0.3) is 0 Å². The number of hydrogen-bond donors (Lipinski definition) is 1. The van der Waals surface area contributed by atoms with Crippen LogP contribution < -0.4 is 9.64 Å². The third kappa shape index (κ3) is 3.39. The Bertz CT molecular complexity index is 353. The van der Waals surface area contributed by atoms with E-state index in [0.29, 0.717) is 12.5 Å². The summed E-state index contributed by atoms with van der Waals surface area (Å²) in [5, 5.41) is 9.13. The maximum atomic E-state index is 9.13. The summed E-state index contributed by atoms with van der Waals surface area (Å²) in [5.41, 5.74) is 1.25. The van der Waals surface area contributed by atoms with Crippen molar-refractivity contribution in [3.8, 4) is 5.75 Å². The molecular weight excluding hydrogens is 226 g/mol. The highest BCUT2D eigenvalue weighted by molar-refractivity contribution is 5.49. The van der Waals surface area contributed by atoms with Crippen molar-refractivity contribution >= 4 is 5.69 Å². The van der Waals surface area contributed by atoms with E-state index >= 15 is 0 Å². The number of anilines is 1. The van der Waals surface area contributed by atoms with Gasteiger partial charge in [-0.05, 0) is 56.9 Å². The zero-order valence-corrected chi connectivity index (χ0v) is 11.3. The van der Waals surface area contributed by atoms with Gasteiger partial charge in [-0.1, -0.05) is 0 Å². The lowest BCUT2D eigenvalue weighted by Gasteiger charge is -2.32. The van der Waals surface area contributed by atoms with E-state index in [1.54, 1.807) is 0 Å². The van der Waals surface area contributed by atoms with Crippen molar-refractivity contribution in [1.29, 1.82) is 0 Å². The molecule has 0 unspecified atom stereocenters. The molecule has 0 bridgehead atoms. The minimum absolute atomic E-state index is 0.219. The molecule has 0 aliphatic carbocycles. The molecule has 1 N–H and O–H groups in total. The molecule has 1 fully saturated rings. The fraction of sp³-hybridized carbons (Fsp3) is 0.600. The predicted molar refractivity (Wildman–Crippen MR) is 74.2 cm³/mol. The van der Waals surface area contributed by atoms with Gasteiger partial charge in [0.15, 0.2) is 0 Å². The second kappa shape index (κ2) is 6.10. The standard InChI is InChI=1S/C15H23NO2/c1-12(2)18-15-5-3-14(4-6-15)16-9-7-13(11-17)8-10-16/h3-6,12-13,17H,7-11H2,1-2H3. The van der Waals surface area contributed by atoms with Crippen LogP contribution in [0.15, 0.2) is 24.3 Å². The zero-order valence-electron chi connectivity index (χ0n) is 11.3. The van der Waals surface area contributed by atoms with E-state index in [1.807, 2.05) is 26.0 Å². The molecule has 1 saturated heterocycles. The monoisotopic (exact) mass is 249 g/mol. The van der Waals surface area contributed by atoms with E-state index in [4.69, 9.17) is 9.84 Å². The molecule has 18 heavy (non-hydrogen) atoms. The number of nitrogens with zero attached hydrogens (tertiary/aromatic N) is 1. The minimum Gasteiger partial charge on any atom is -0.491 e. The lowest BCUT2D eigenvalue weighted by atomic mass is 9.97. The average Bonchev–Trinajstić information content (AvgIpc) is 2.39. The van der Waals surface area contributed by atoms with Crippen LogP contribution in [0.4, 0.5) is 5.69 Å². The molecule has 3 heteroatoms. The summed E-state index contributed by atoms with van der Waals surface area (Å²) in [6.45, 7) is 6.47. The molecule has 1 aromatic carbocycles. The highest BCUT2D eigenvalue weighted by Gasteiger charge is 2.18. The van der Waals surface area contributed by atoms with Crippen molar-refractivity contribution in [2.75, 3.05) is 24.6 Å². The van der Waals surface area contributed by atoms with E-state index in [-0.39, 0.29) is 6.10 Å². The maximum Gasteiger partial charge on any atom is 0.119 e. The van der Waals surface area contributed by atoms with Gasteiger partial charge < -0.3 is 14.7 Å². The molecule has 0 atom stereocenters. The molecule has 1 aromatic rings. The summed E-state index contributed by atoms with van der Waals surface area (Å²) in [6, 6.07) is 8.31. The van der Waals surface area contributed by atoms with Crippen LogP contribution in [-0.4, -0.2) is 30.9 Å². The third-order valence-electron chi connectivity index (χ3n) is 3.45. The van der Waals surface area contributed by atoms with Gasteiger partial charge in [-0.25, -0.2) is 0 Å². The zero-order chi connectivity index (χ0) is 13.0. The average molecular weight is 249 g/mol. The van der Waals surface area contributed by atoms with Gasteiger partial charge in [-0.2, -0.15) is 0 Å². The van der Waals surface area contributed by atoms with Gasteiger partial charge in [0.25, 0.3) is 0 Å². The summed E-state index contributed by atoms with van der Waals surface area (Å²) in [5.74, 6) is 1.42. The van der Waals surface area contributed by atoms with Crippen LogP contribution >= 0.6 is 0 Å². The van der Waals surface area contributed by atoms with Gasteiger partial charge in [0.2, 0.25) is 0 Å². The summed E-state index contributed by atoms with van der Waals surface area (Å²) < 4.78 is 5.64. The van der Waals surface area contributed by atoms with Gasteiger partial charge in [0.1, 0.15) is 5.75 Å². The number of benzene rings is 1. The van der Waals surface area contributed by atoms with Crippen LogP contribution in [0.1, 0.15) is 26.7 Å². The Kier molecular flexibility index (Phi) is 4.48. The van der Waals surface area contributed by atoms with E-state index in [0.717, 1.165) is 31.7 Å². The number of ether oxygens (including phenoxy) is 1. The first-order valence-corrected chi connectivity index (χ1v) is 6.81. The molecule has 1 heterocycles. The van der Waals surface area contributed by atoms with Crippen LogP contribution in [0.3, 0.4) is 0 Å². The molecule has 0 saturated carbocycles. The molecule has 1 aliphatic heterocycles. The Morgan fingerprint density at radius 1 is 1.22 bits per heavy atom. The molecule has 3 nitrogen and oxygen atoms in total. The van der Waals surface area contributed by atoms with Crippen LogP contribution in [0.5, 0.6) is 5.75 Å². The van der Waals surface area contributed by atoms with Gasteiger partial charge in [0.05, 0.1) is 6.10 Å². The van der Waals surface area contributed by atoms with E-state index in [2.05, 4.69) is 17.0 Å². The Balaban J connectivity index is 1.93. The fourth-order valence-electron chi connectivity index (χ4n) is 2.38. The lowest BCUT2D eigenvalue weighted by molar-refractivity contribution is 0.203. The highest BCUT2D eigenvalue weighted by Crippen LogP contribution is 2.25. The van der Waals surface area contributed by atoms with Crippen LogP contribution in [0.2, 0.25) is 0 Å². The summed E-state index contributed by atoms with van der Waals surface area (Å²) >= 11 is 0. The van der Waals surface area contributed by atoms with Crippen molar-refractivity contribution in [2.45, 2.75) is 32.8 Å². The number of hydrogen-bond acceptors (Lipinski definition) is 3. The van der Waals surface area contributed by atoms with Crippen LogP contribution in [0, 0.1) is 5.92 Å². The first-order valence-electron chi connectivity index (χ1n) is 6.81. The fourth-order valence-corrected chi connectivity index (χ4v) is 2.38. The molecule has 0 amide bonds. The largest absolute Gasteiger partial charge is 0.491 e. The van der Waals surface area contributed by atoms with Crippen molar-refractivity contribution in [3.63, 3.8) is 0 Å². The number of piperidine rings is 1. The summed E-state index contributed by atoms with van der Waals surface area (Å²) in [6.07, 6.45) is 2.39. The SMILES string of the molecule is CC(C)Oc1ccc(N2CCC(CO)CC2)cc1. The normalized spacial score (nSPS) is 17.2. The molecule has 0 radical (unpaired) electrons. The van der Waals surface area contributed by atoms with E-state index in [1.165, 1.54) is 5.69 Å². The van der Waals surface area contributed by atoms with Crippen molar-refractivity contribution in [1.82, 2.24) is 0 Å². The molecule has 2 rings (SSSR count). The van der Waals surface area contributed by atoms with Crippen molar-refractivity contribution in [3.05, 3.63) is 24.3 Å². The lowest BCUT2D eigenvalue weighted by Crippen LogP contribution is -2.34. The number of rotatable bonds is 4. The first kappa shape index (κ1) is 13.2. The topological polar surface area (TPSA) is 32.7 Å². The van der Waals surface area contributed by atoms with Gasteiger partial charge in [-0.15, -0.1) is 0 Å². The van der Waals surface area contributed by atoms with Gasteiger partial charge >= 0.3 is 0 Å². The second-order valence-corrected chi connectivity index (χ2v) is 5.27. The second-order valence-electron chi connectivity index (χ2n) is 5.27. The maximum absolute atomic E-state index is 9.13. The molecule has 1 aliphatic rings. The van der Waals surface area contributed by atoms with Gasteiger partial charge in [-0.3, -0.25) is 0 Å². The predicted octanol–water partition coefficient (Wildman–Crippen LogP) is 2.68. The third-order valence-corrected chi connectivity index (χ3v) is 3.45. The van der Waals surface area contributed by atoms with E-state index < -0.39 is 0 Å². The molecule has 0 spiro atoms.